The minimum Gasteiger partial charge on any atom is -0.0649 e. The van der Waals surface area contributed by atoms with E-state index in [4.69, 9.17) is 0 Å². The first-order chi connectivity index (χ1) is 17.4. The lowest BCUT2D eigenvalue weighted by molar-refractivity contribution is 0.126. The van der Waals surface area contributed by atoms with E-state index in [1.54, 1.807) is 0 Å². The van der Waals surface area contributed by atoms with Gasteiger partial charge in [0.25, 0.3) is 0 Å². The monoisotopic (exact) mass is 599 g/mol. The lowest BCUT2D eigenvalue weighted by atomic mass is 9.68. The van der Waals surface area contributed by atoms with Gasteiger partial charge in [-0.05, 0) is 54.1 Å². The van der Waals surface area contributed by atoms with Gasteiger partial charge in [0.05, 0.1) is 0 Å². The van der Waals surface area contributed by atoms with Crippen LogP contribution < -0.4 is 0 Å². The predicted molar refractivity (Wildman–Crippen MR) is 204 cm³/mol. The second-order valence-electron chi connectivity index (χ2n) is 22.5. The van der Waals surface area contributed by atoms with Crippen LogP contribution >= 0.6 is 0 Å². The molecule has 0 aromatic heterocycles. The molecule has 0 aliphatic heterocycles. The van der Waals surface area contributed by atoms with Gasteiger partial charge in [0.2, 0.25) is 0 Å². The van der Waals surface area contributed by atoms with E-state index >= 15 is 0 Å². The molecule has 0 saturated heterocycles. The maximum atomic E-state index is 2.33. The summed E-state index contributed by atoms with van der Waals surface area (Å²) < 4.78 is 0. The fraction of sp³-hybridized carbons (Fsp3) is 1.00. The molecule has 0 rings (SSSR count). The third-order valence-electron chi connectivity index (χ3n) is 12.6. The molecule has 0 heterocycles. The zero-order chi connectivity index (χ0) is 36.4. The van der Waals surface area contributed by atoms with Gasteiger partial charge in [-0.15, -0.1) is 0 Å². The molecule has 0 amide bonds. The van der Waals surface area contributed by atoms with Crippen molar-refractivity contribution in [2.24, 2.45) is 54.1 Å². The molecule has 0 aliphatic carbocycles. The summed E-state index contributed by atoms with van der Waals surface area (Å²) >= 11 is 0. The SMILES string of the molecule is CC(C)(C)C(C)(C)C.CC(C)(C)C(C)(C)C.CC(C)(C)C(C)(C)C.CCC(C)(C)C(C)(C)C.CCC(C)(C)C(C)(C)C. The van der Waals surface area contributed by atoms with E-state index < -0.39 is 0 Å². The Morgan fingerprint density at radius 2 is 0.286 bits per heavy atom. The molecule has 0 unspecified atom stereocenters. The van der Waals surface area contributed by atoms with Crippen LogP contribution in [-0.2, 0) is 0 Å². The van der Waals surface area contributed by atoms with Crippen LogP contribution in [0.25, 0.3) is 0 Å². The highest BCUT2D eigenvalue weighted by atomic mass is 14.4. The molecule has 0 aromatic carbocycles. The molecule has 42 heavy (non-hydrogen) atoms. The average Bonchev–Trinajstić information content (AvgIpc) is 2.63. The minimum absolute atomic E-state index is 0.437. The van der Waals surface area contributed by atoms with Crippen molar-refractivity contribution in [1.29, 1.82) is 0 Å². The maximum absolute atomic E-state index is 2.33. The van der Waals surface area contributed by atoms with Gasteiger partial charge < -0.3 is 0 Å². The maximum Gasteiger partial charge on any atom is -0.0308 e. The normalized spacial score (nSPS) is 14.1. The fourth-order valence-electron chi connectivity index (χ4n) is 1.06. The second kappa shape index (κ2) is 17.1. The fourth-order valence-corrected chi connectivity index (χ4v) is 1.06. The third kappa shape index (κ3) is 23.4. The summed E-state index contributed by atoms with van der Waals surface area (Å²) in [5.41, 5.74) is 4.48. The van der Waals surface area contributed by atoms with Gasteiger partial charge >= 0.3 is 0 Å². The second-order valence-corrected chi connectivity index (χ2v) is 22.5. The van der Waals surface area contributed by atoms with E-state index in [1.807, 2.05) is 0 Å². The van der Waals surface area contributed by atoms with Crippen LogP contribution in [0.1, 0.15) is 221 Å². The molecule has 0 spiro atoms. The molecule has 0 N–H and O–H groups in total. The Hall–Kier alpha value is 0. The molecule has 0 nitrogen and oxygen atoms in total. The Morgan fingerprint density at radius 3 is 0.286 bits per heavy atom. The van der Waals surface area contributed by atoms with Crippen molar-refractivity contribution in [3.63, 3.8) is 0 Å². The standard InChI is InChI=1S/2C9H20.3C8H18/c2*1-7-9(5,6)8(2,3)4;3*1-7(2,3)8(4,5)6/h2*7H2,1-6H3;3*1-6H3. The predicted octanol–water partition coefficient (Wildman–Crippen LogP) is 16.2. The lowest BCUT2D eigenvalue weighted by Crippen LogP contribution is -2.28. The largest absolute Gasteiger partial charge is 0.0649 e. The van der Waals surface area contributed by atoms with Crippen molar-refractivity contribution >= 4 is 0 Å². The molecule has 0 aliphatic rings. The molecule has 0 radical (unpaired) electrons. The van der Waals surface area contributed by atoms with E-state index in [0.717, 1.165) is 0 Å². The number of hydrogen-bond acceptors (Lipinski definition) is 0. The van der Waals surface area contributed by atoms with Gasteiger partial charge in [-0.2, -0.15) is 0 Å². The van der Waals surface area contributed by atoms with E-state index in [9.17, 15) is 0 Å². The van der Waals surface area contributed by atoms with Crippen LogP contribution in [0.4, 0.5) is 0 Å². The van der Waals surface area contributed by atoms with Crippen molar-refractivity contribution in [3.05, 3.63) is 0 Å². The molecule has 0 fully saturated rings. The lowest BCUT2D eigenvalue weighted by Gasteiger charge is -2.37. The average molecular weight is 599 g/mol. The van der Waals surface area contributed by atoms with Crippen LogP contribution in [-0.4, -0.2) is 0 Å². The van der Waals surface area contributed by atoms with Gasteiger partial charge in [0, 0.05) is 0 Å². The van der Waals surface area contributed by atoms with Gasteiger partial charge in [0.15, 0.2) is 0 Å². The van der Waals surface area contributed by atoms with Gasteiger partial charge in [-0.3, -0.25) is 0 Å². The molecule has 262 valence electrons. The van der Waals surface area contributed by atoms with E-state index in [1.165, 1.54) is 12.8 Å². The Balaban J connectivity index is -0.000000136. The molecule has 0 atom stereocenters. The van der Waals surface area contributed by atoms with Gasteiger partial charge in [0.1, 0.15) is 0 Å². The van der Waals surface area contributed by atoms with Crippen molar-refractivity contribution in [3.8, 4) is 0 Å². The van der Waals surface area contributed by atoms with Crippen LogP contribution in [0, 0.1) is 54.1 Å². The quantitative estimate of drug-likeness (QED) is 0.296. The Bertz CT molecular complexity index is 535. The molecule has 0 saturated carbocycles. The highest BCUT2D eigenvalue weighted by molar-refractivity contribution is 4.81. The topological polar surface area (TPSA) is 0 Å². The summed E-state index contributed by atoms with van der Waals surface area (Å²) in [4.78, 5) is 0. The first-order valence-corrected chi connectivity index (χ1v) is 17.4. The zero-order valence-corrected chi connectivity index (χ0v) is 36.4. The number of hydrogen-bond donors (Lipinski definition) is 0. The minimum atomic E-state index is 0.437. The summed E-state index contributed by atoms with van der Waals surface area (Å²) in [5, 5.41) is 0. The molecule has 0 bridgehead atoms. The summed E-state index contributed by atoms with van der Waals surface area (Å²) in [6, 6.07) is 0. The highest BCUT2D eigenvalue weighted by Crippen LogP contribution is 2.41. The van der Waals surface area contributed by atoms with E-state index in [-0.39, 0.29) is 0 Å². The zero-order valence-electron chi connectivity index (χ0n) is 36.4. The van der Waals surface area contributed by atoms with Crippen molar-refractivity contribution < 1.29 is 0 Å². The Morgan fingerprint density at radius 1 is 0.190 bits per heavy atom. The molecular formula is C42H94. The summed E-state index contributed by atoms with van der Waals surface area (Å²) in [6.45, 7) is 68.5. The number of rotatable bonds is 2. The molecular weight excluding hydrogens is 504 g/mol. The third-order valence-corrected chi connectivity index (χ3v) is 12.6. The highest BCUT2D eigenvalue weighted by Gasteiger charge is 2.31. The molecule has 0 aromatic rings. The summed E-state index contributed by atoms with van der Waals surface area (Å²) in [6.07, 6.45) is 2.52. The summed E-state index contributed by atoms with van der Waals surface area (Å²) in [5.74, 6) is 0. The Kier molecular flexibility index (Phi) is 21.0. The van der Waals surface area contributed by atoms with Crippen LogP contribution in [0.5, 0.6) is 0 Å². The summed E-state index contributed by atoms with van der Waals surface area (Å²) in [7, 11) is 0. The van der Waals surface area contributed by atoms with Gasteiger partial charge in [-0.1, -0.05) is 221 Å². The van der Waals surface area contributed by atoms with Crippen LogP contribution in [0.15, 0.2) is 0 Å². The van der Waals surface area contributed by atoms with E-state index in [0.29, 0.717) is 54.1 Å². The van der Waals surface area contributed by atoms with Gasteiger partial charge in [-0.25, -0.2) is 0 Å². The Labute approximate surface area is 274 Å². The first kappa shape index (κ1) is 51.6. The van der Waals surface area contributed by atoms with Crippen LogP contribution in [0.2, 0.25) is 0 Å². The van der Waals surface area contributed by atoms with Crippen molar-refractivity contribution in [2.75, 3.05) is 0 Å². The molecule has 0 heteroatoms. The van der Waals surface area contributed by atoms with Crippen molar-refractivity contribution in [1.82, 2.24) is 0 Å². The first-order valence-electron chi connectivity index (χ1n) is 17.4. The smallest absolute Gasteiger partial charge is 0.0308 e. The van der Waals surface area contributed by atoms with Crippen LogP contribution in [0.3, 0.4) is 0 Å². The van der Waals surface area contributed by atoms with Crippen molar-refractivity contribution in [2.45, 2.75) is 221 Å². The van der Waals surface area contributed by atoms with E-state index in [2.05, 4.69) is 208 Å².